The van der Waals surface area contributed by atoms with Gasteiger partial charge in [-0.1, -0.05) is 0 Å². The van der Waals surface area contributed by atoms with Crippen LogP contribution in [0.5, 0.6) is 0 Å². The van der Waals surface area contributed by atoms with E-state index in [-0.39, 0.29) is 5.97 Å². The van der Waals surface area contributed by atoms with Crippen molar-refractivity contribution in [1.29, 1.82) is 0 Å². The van der Waals surface area contributed by atoms with E-state index >= 15 is 0 Å². The molecule has 1 saturated heterocycles. The van der Waals surface area contributed by atoms with Gasteiger partial charge >= 0.3 is 5.97 Å². The average Bonchev–Trinajstić information content (AvgIpc) is 2.76. The van der Waals surface area contributed by atoms with Gasteiger partial charge < -0.3 is 15.4 Å². The van der Waals surface area contributed by atoms with Crippen LogP contribution in [0.25, 0.3) is 0 Å². The molecule has 0 amide bonds. The summed E-state index contributed by atoms with van der Waals surface area (Å²) in [5.41, 5.74) is 6.88. The van der Waals surface area contributed by atoms with Crippen molar-refractivity contribution in [3.05, 3.63) is 17.8 Å². The van der Waals surface area contributed by atoms with Gasteiger partial charge in [-0.15, -0.1) is 0 Å². The number of hydrogen-bond acceptors (Lipinski definition) is 5. The molecule has 2 rings (SSSR count). The van der Waals surface area contributed by atoms with E-state index < -0.39 is 0 Å². The molecule has 5 nitrogen and oxygen atoms in total. The predicted molar refractivity (Wildman–Crippen MR) is 70.6 cm³/mol. The molecule has 1 aromatic heterocycles. The van der Waals surface area contributed by atoms with Crippen molar-refractivity contribution in [2.75, 3.05) is 23.8 Å². The Bertz CT molecular complexity index is 448. The third kappa shape index (κ3) is 2.25. The lowest BCUT2D eigenvalue weighted by molar-refractivity contribution is 0.0527. The summed E-state index contributed by atoms with van der Waals surface area (Å²) in [6.07, 6.45) is 3.87. The summed E-state index contributed by atoms with van der Waals surface area (Å²) in [6.45, 7) is 5.20. The van der Waals surface area contributed by atoms with Crippen molar-refractivity contribution < 1.29 is 9.53 Å². The second-order valence-corrected chi connectivity index (χ2v) is 4.50. The van der Waals surface area contributed by atoms with Crippen LogP contribution in [0.2, 0.25) is 0 Å². The predicted octanol–water partition coefficient (Wildman–Crippen LogP) is 1.83. The van der Waals surface area contributed by atoms with Gasteiger partial charge in [-0.3, -0.25) is 0 Å². The van der Waals surface area contributed by atoms with Gasteiger partial charge in [0.15, 0.2) is 5.82 Å². The molecular formula is C13H19N3O2. The molecule has 0 spiro atoms. The molecule has 0 saturated carbocycles. The maximum Gasteiger partial charge on any atom is 0.340 e. The fraction of sp³-hybridized carbons (Fsp3) is 0.538. The minimum atomic E-state index is -0.384. The number of nitrogens with two attached hydrogens (primary N) is 1. The quantitative estimate of drug-likeness (QED) is 0.828. The molecule has 18 heavy (non-hydrogen) atoms. The molecule has 1 aromatic rings. The molecule has 1 aliphatic rings. The number of nitrogen functional groups attached to an aromatic ring is 1. The summed E-state index contributed by atoms with van der Waals surface area (Å²) >= 11 is 0. The van der Waals surface area contributed by atoms with Gasteiger partial charge in [-0.05, 0) is 32.8 Å². The zero-order valence-electron chi connectivity index (χ0n) is 10.8. The molecule has 0 aromatic carbocycles. The number of carbonyl (C=O) groups excluding carboxylic acids is 1. The summed E-state index contributed by atoms with van der Waals surface area (Å²) < 4.78 is 4.99. The Balaban J connectivity index is 2.32. The topological polar surface area (TPSA) is 68.5 Å². The van der Waals surface area contributed by atoms with E-state index in [1.165, 1.54) is 0 Å². The van der Waals surface area contributed by atoms with Crippen LogP contribution in [0, 0.1) is 0 Å². The molecule has 98 valence electrons. The molecule has 0 bridgehead atoms. The normalized spacial score (nSPS) is 19.0. The fourth-order valence-electron chi connectivity index (χ4n) is 2.33. The van der Waals surface area contributed by atoms with Gasteiger partial charge in [0.05, 0.1) is 17.9 Å². The lowest BCUT2D eigenvalue weighted by Crippen LogP contribution is -2.28. The highest BCUT2D eigenvalue weighted by atomic mass is 16.5. The summed E-state index contributed by atoms with van der Waals surface area (Å²) in [7, 11) is 0. The van der Waals surface area contributed by atoms with E-state index in [0.717, 1.165) is 19.4 Å². The molecule has 1 atom stereocenters. The maximum atomic E-state index is 11.8. The number of esters is 1. The summed E-state index contributed by atoms with van der Waals surface area (Å²) in [5, 5.41) is 0. The van der Waals surface area contributed by atoms with E-state index in [1.54, 1.807) is 19.2 Å². The SMILES string of the molecule is CCOC(=O)c1ccnc(N2CCCC2C)c1N. The Kier molecular flexibility index (Phi) is 3.69. The first-order valence-electron chi connectivity index (χ1n) is 6.33. The molecule has 0 radical (unpaired) electrons. The lowest BCUT2D eigenvalue weighted by Gasteiger charge is -2.24. The number of nitrogens with zero attached hydrogens (tertiary/aromatic N) is 2. The number of carbonyl (C=O) groups is 1. The van der Waals surface area contributed by atoms with E-state index in [0.29, 0.717) is 29.7 Å². The molecule has 1 aliphatic heterocycles. The van der Waals surface area contributed by atoms with Crippen LogP contribution in [0.15, 0.2) is 12.3 Å². The third-order valence-corrected chi connectivity index (χ3v) is 3.29. The molecule has 1 fully saturated rings. The number of pyridine rings is 1. The second-order valence-electron chi connectivity index (χ2n) is 4.50. The van der Waals surface area contributed by atoms with Crippen molar-refractivity contribution in [2.24, 2.45) is 0 Å². The maximum absolute atomic E-state index is 11.8. The monoisotopic (exact) mass is 249 g/mol. The highest BCUT2D eigenvalue weighted by molar-refractivity contribution is 5.97. The van der Waals surface area contributed by atoms with Crippen LogP contribution in [-0.4, -0.2) is 30.1 Å². The standard InChI is InChI=1S/C13H19N3O2/c1-3-18-13(17)10-6-7-15-12(11(10)14)16-8-4-5-9(16)2/h6-7,9H,3-5,8,14H2,1-2H3. The Morgan fingerprint density at radius 3 is 3.06 bits per heavy atom. The third-order valence-electron chi connectivity index (χ3n) is 3.29. The fourth-order valence-corrected chi connectivity index (χ4v) is 2.33. The largest absolute Gasteiger partial charge is 0.462 e. The summed E-state index contributed by atoms with van der Waals surface area (Å²) in [4.78, 5) is 18.2. The number of ether oxygens (including phenoxy) is 1. The van der Waals surface area contributed by atoms with Crippen LogP contribution >= 0.6 is 0 Å². The summed E-state index contributed by atoms with van der Waals surface area (Å²) in [5.74, 6) is 0.316. The van der Waals surface area contributed by atoms with Crippen molar-refractivity contribution in [3.8, 4) is 0 Å². The van der Waals surface area contributed by atoms with Crippen molar-refractivity contribution >= 4 is 17.5 Å². The van der Waals surface area contributed by atoms with E-state index in [4.69, 9.17) is 10.5 Å². The summed E-state index contributed by atoms with van der Waals surface area (Å²) in [6, 6.07) is 2.02. The van der Waals surface area contributed by atoms with Crippen LogP contribution in [0.1, 0.15) is 37.0 Å². The first-order valence-corrected chi connectivity index (χ1v) is 6.33. The minimum Gasteiger partial charge on any atom is -0.462 e. The zero-order chi connectivity index (χ0) is 13.1. The molecule has 1 unspecified atom stereocenters. The Morgan fingerprint density at radius 2 is 2.44 bits per heavy atom. The zero-order valence-corrected chi connectivity index (χ0v) is 10.8. The van der Waals surface area contributed by atoms with Crippen molar-refractivity contribution in [1.82, 2.24) is 4.98 Å². The Morgan fingerprint density at radius 1 is 1.67 bits per heavy atom. The van der Waals surface area contributed by atoms with E-state index in [1.807, 2.05) is 0 Å². The van der Waals surface area contributed by atoms with Crippen molar-refractivity contribution in [2.45, 2.75) is 32.7 Å². The van der Waals surface area contributed by atoms with E-state index in [9.17, 15) is 4.79 Å². The molecule has 0 aliphatic carbocycles. The Labute approximate surface area is 107 Å². The van der Waals surface area contributed by atoms with Crippen LogP contribution in [0.3, 0.4) is 0 Å². The first kappa shape index (κ1) is 12.7. The van der Waals surface area contributed by atoms with E-state index in [2.05, 4.69) is 16.8 Å². The van der Waals surface area contributed by atoms with Gasteiger partial charge in [-0.25, -0.2) is 9.78 Å². The van der Waals surface area contributed by atoms with Crippen molar-refractivity contribution in [3.63, 3.8) is 0 Å². The highest BCUT2D eigenvalue weighted by Crippen LogP contribution is 2.30. The minimum absolute atomic E-state index is 0.343. The van der Waals surface area contributed by atoms with Crippen LogP contribution < -0.4 is 10.6 Å². The molecule has 2 heterocycles. The van der Waals surface area contributed by atoms with Gasteiger partial charge in [0.25, 0.3) is 0 Å². The molecule has 2 N–H and O–H groups in total. The first-order chi connectivity index (χ1) is 8.65. The Hall–Kier alpha value is -1.78. The van der Waals surface area contributed by atoms with Crippen LogP contribution in [0.4, 0.5) is 11.5 Å². The van der Waals surface area contributed by atoms with Crippen LogP contribution in [-0.2, 0) is 4.74 Å². The average molecular weight is 249 g/mol. The van der Waals surface area contributed by atoms with Gasteiger partial charge in [0.2, 0.25) is 0 Å². The number of hydrogen-bond donors (Lipinski definition) is 1. The van der Waals surface area contributed by atoms with Gasteiger partial charge in [-0.2, -0.15) is 0 Å². The lowest BCUT2D eigenvalue weighted by atomic mass is 10.2. The second kappa shape index (κ2) is 5.25. The smallest absolute Gasteiger partial charge is 0.340 e. The van der Waals surface area contributed by atoms with Gasteiger partial charge in [0, 0.05) is 18.8 Å². The number of rotatable bonds is 3. The number of aromatic nitrogens is 1. The van der Waals surface area contributed by atoms with Gasteiger partial charge in [0.1, 0.15) is 0 Å². The number of anilines is 2. The molecule has 5 heteroatoms. The highest BCUT2D eigenvalue weighted by Gasteiger charge is 2.25. The molecular weight excluding hydrogens is 230 g/mol.